The summed E-state index contributed by atoms with van der Waals surface area (Å²) in [6.07, 6.45) is 0. The third-order valence-corrected chi connectivity index (χ3v) is 4.17. The first-order valence-corrected chi connectivity index (χ1v) is 7.51. The van der Waals surface area contributed by atoms with E-state index >= 15 is 0 Å². The lowest BCUT2D eigenvalue weighted by Crippen LogP contribution is -2.22. The molecule has 1 heterocycles. The zero-order chi connectivity index (χ0) is 14.7. The van der Waals surface area contributed by atoms with Gasteiger partial charge < -0.3 is 4.90 Å². The minimum atomic E-state index is 0.170. The van der Waals surface area contributed by atoms with Crippen LogP contribution in [-0.4, -0.2) is 12.0 Å². The van der Waals surface area contributed by atoms with Gasteiger partial charge in [-0.05, 0) is 36.8 Å². The van der Waals surface area contributed by atoms with Gasteiger partial charge in [0, 0.05) is 12.1 Å². The minimum Gasteiger partial charge on any atom is -0.353 e. The van der Waals surface area contributed by atoms with Gasteiger partial charge in [-0.2, -0.15) is 0 Å². The molecule has 20 heavy (non-hydrogen) atoms. The number of nitrogens with zero attached hydrogens (tertiary/aromatic N) is 2. The van der Waals surface area contributed by atoms with Crippen molar-refractivity contribution in [1.82, 2.24) is 4.98 Å². The number of aromatic nitrogens is 1. The number of anilines is 1. The van der Waals surface area contributed by atoms with Crippen molar-refractivity contribution in [3.63, 3.8) is 0 Å². The molecule has 1 aromatic heterocycles. The van der Waals surface area contributed by atoms with Crippen LogP contribution in [-0.2, 0) is 5.88 Å². The van der Waals surface area contributed by atoms with Gasteiger partial charge in [0.05, 0.1) is 22.6 Å². The number of halogens is 3. The molecule has 0 radical (unpaired) electrons. The molecule has 0 saturated carbocycles. The van der Waals surface area contributed by atoms with Crippen molar-refractivity contribution in [2.75, 3.05) is 11.9 Å². The second-order valence-electron chi connectivity index (χ2n) is 4.57. The molecule has 1 unspecified atom stereocenters. The third kappa shape index (κ3) is 3.38. The molecule has 1 aromatic carbocycles. The van der Waals surface area contributed by atoms with Crippen LogP contribution in [0.2, 0.25) is 10.0 Å². The van der Waals surface area contributed by atoms with Crippen LogP contribution in [0.25, 0.3) is 0 Å². The first-order valence-electron chi connectivity index (χ1n) is 6.22. The second kappa shape index (κ2) is 6.66. The molecular formula is C15H15Cl3N2. The van der Waals surface area contributed by atoms with Crippen molar-refractivity contribution in [2.45, 2.75) is 18.8 Å². The number of pyridine rings is 1. The Balaban J connectivity index is 2.26. The van der Waals surface area contributed by atoms with E-state index in [1.165, 1.54) is 5.56 Å². The van der Waals surface area contributed by atoms with Gasteiger partial charge in [0.15, 0.2) is 0 Å². The molecule has 5 heteroatoms. The lowest BCUT2D eigenvalue weighted by molar-refractivity contribution is 0.727. The summed E-state index contributed by atoms with van der Waals surface area (Å²) in [5.74, 6) is 1.14. The average Bonchev–Trinajstić information content (AvgIpc) is 2.47. The van der Waals surface area contributed by atoms with Gasteiger partial charge in [-0.15, -0.1) is 11.6 Å². The molecule has 2 aromatic rings. The largest absolute Gasteiger partial charge is 0.353 e. The van der Waals surface area contributed by atoms with Gasteiger partial charge in [0.1, 0.15) is 5.82 Å². The summed E-state index contributed by atoms with van der Waals surface area (Å²) < 4.78 is 0. The van der Waals surface area contributed by atoms with E-state index in [-0.39, 0.29) is 6.04 Å². The summed E-state index contributed by atoms with van der Waals surface area (Å²) in [6, 6.07) is 11.7. The number of hydrogen-bond acceptors (Lipinski definition) is 2. The molecule has 106 valence electrons. The van der Waals surface area contributed by atoms with Gasteiger partial charge in [0.25, 0.3) is 0 Å². The monoisotopic (exact) mass is 328 g/mol. The molecule has 0 bridgehead atoms. The lowest BCUT2D eigenvalue weighted by Gasteiger charge is -2.27. The van der Waals surface area contributed by atoms with Gasteiger partial charge in [-0.3, -0.25) is 0 Å². The Hall–Kier alpha value is -0.960. The van der Waals surface area contributed by atoms with Crippen molar-refractivity contribution in [2.24, 2.45) is 0 Å². The molecule has 0 aliphatic rings. The zero-order valence-electron chi connectivity index (χ0n) is 11.3. The highest BCUT2D eigenvalue weighted by atomic mass is 35.5. The quantitative estimate of drug-likeness (QED) is 0.705. The fourth-order valence-electron chi connectivity index (χ4n) is 1.93. The maximum atomic E-state index is 6.03. The Morgan fingerprint density at radius 2 is 1.75 bits per heavy atom. The van der Waals surface area contributed by atoms with Crippen molar-refractivity contribution >= 4 is 40.6 Å². The van der Waals surface area contributed by atoms with Crippen molar-refractivity contribution in [1.29, 1.82) is 0 Å². The third-order valence-electron chi connectivity index (χ3n) is 3.33. The summed E-state index contributed by atoms with van der Waals surface area (Å²) in [6.45, 7) is 2.11. The molecule has 0 aliphatic heterocycles. The Morgan fingerprint density at radius 1 is 1.10 bits per heavy atom. The van der Waals surface area contributed by atoms with Gasteiger partial charge >= 0.3 is 0 Å². The van der Waals surface area contributed by atoms with Crippen LogP contribution in [0, 0.1) is 0 Å². The highest BCUT2D eigenvalue weighted by molar-refractivity contribution is 6.32. The molecule has 0 saturated heterocycles. The summed E-state index contributed by atoms with van der Waals surface area (Å²) in [7, 11) is 1.99. The van der Waals surface area contributed by atoms with Crippen molar-refractivity contribution < 1.29 is 0 Å². The van der Waals surface area contributed by atoms with E-state index in [0.717, 1.165) is 10.8 Å². The first kappa shape index (κ1) is 15.4. The SMILES string of the molecule is CC(c1ccc(Cl)cc1)N(C)c1ccc(Cl)c(CCl)n1. The topological polar surface area (TPSA) is 16.1 Å². The number of alkyl halides is 1. The summed E-state index contributed by atoms with van der Waals surface area (Å²) in [4.78, 5) is 6.57. The smallest absolute Gasteiger partial charge is 0.129 e. The van der Waals surface area contributed by atoms with Crippen LogP contribution in [0.15, 0.2) is 36.4 Å². The fraction of sp³-hybridized carbons (Fsp3) is 0.267. The van der Waals surface area contributed by atoms with Crippen molar-refractivity contribution in [3.05, 3.63) is 57.7 Å². The van der Waals surface area contributed by atoms with Crippen LogP contribution < -0.4 is 4.90 Å². The standard InChI is InChI=1S/C15H15Cl3N2/c1-10(11-3-5-12(17)6-4-11)20(2)15-8-7-13(18)14(9-16)19-15/h3-8,10H,9H2,1-2H3. The molecule has 0 aliphatic carbocycles. The van der Waals surface area contributed by atoms with E-state index in [1.54, 1.807) is 0 Å². The summed E-state index contributed by atoms with van der Waals surface area (Å²) in [5.41, 5.74) is 1.86. The first-order chi connectivity index (χ1) is 9.52. The molecular weight excluding hydrogens is 315 g/mol. The Kier molecular flexibility index (Phi) is 5.14. The lowest BCUT2D eigenvalue weighted by atomic mass is 10.1. The van der Waals surface area contributed by atoms with Gasteiger partial charge in [-0.25, -0.2) is 4.98 Å². The minimum absolute atomic E-state index is 0.170. The molecule has 0 amide bonds. The van der Waals surface area contributed by atoms with E-state index in [1.807, 2.05) is 43.4 Å². The summed E-state index contributed by atoms with van der Waals surface area (Å²) in [5, 5.41) is 1.33. The molecule has 1 atom stereocenters. The van der Waals surface area contributed by atoms with Crippen LogP contribution in [0.4, 0.5) is 5.82 Å². The van der Waals surface area contributed by atoms with E-state index in [0.29, 0.717) is 16.6 Å². The predicted molar refractivity (Wildman–Crippen MR) is 87.1 cm³/mol. The van der Waals surface area contributed by atoms with E-state index in [9.17, 15) is 0 Å². The summed E-state index contributed by atoms with van der Waals surface area (Å²) >= 11 is 17.8. The van der Waals surface area contributed by atoms with Crippen molar-refractivity contribution in [3.8, 4) is 0 Å². The maximum Gasteiger partial charge on any atom is 0.129 e. The fourth-order valence-corrected chi connectivity index (χ4v) is 2.50. The number of hydrogen-bond donors (Lipinski definition) is 0. The van der Waals surface area contributed by atoms with Crippen LogP contribution in [0.5, 0.6) is 0 Å². The molecule has 0 N–H and O–H groups in total. The Bertz CT molecular complexity index is 584. The predicted octanol–water partition coefficient (Wildman–Crippen LogP) is 5.32. The molecule has 0 spiro atoms. The number of benzene rings is 1. The van der Waals surface area contributed by atoms with E-state index in [2.05, 4.69) is 16.8 Å². The zero-order valence-corrected chi connectivity index (χ0v) is 13.5. The maximum absolute atomic E-state index is 6.03. The highest BCUT2D eigenvalue weighted by Crippen LogP contribution is 2.27. The second-order valence-corrected chi connectivity index (χ2v) is 5.68. The Morgan fingerprint density at radius 3 is 2.35 bits per heavy atom. The average molecular weight is 330 g/mol. The highest BCUT2D eigenvalue weighted by Gasteiger charge is 2.14. The van der Waals surface area contributed by atoms with Crippen LogP contribution >= 0.6 is 34.8 Å². The van der Waals surface area contributed by atoms with E-state index < -0.39 is 0 Å². The van der Waals surface area contributed by atoms with E-state index in [4.69, 9.17) is 34.8 Å². The van der Waals surface area contributed by atoms with Gasteiger partial charge in [-0.1, -0.05) is 35.3 Å². The molecule has 2 nitrogen and oxygen atoms in total. The normalized spacial score (nSPS) is 12.2. The van der Waals surface area contributed by atoms with Crippen LogP contribution in [0.3, 0.4) is 0 Å². The van der Waals surface area contributed by atoms with Crippen LogP contribution in [0.1, 0.15) is 24.2 Å². The molecule has 2 rings (SSSR count). The van der Waals surface area contributed by atoms with Gasteiger partial charge in [0.2, 0.25) is 0 Å². The number of rotatable bonds is 4. The Labute approximate surface area is 134 Å². The molecule has 0 fully saturated rings.